The highest BCUT2D eigenvalue weighted by Crippen LogP contribution is 2.29. The molecule has 1 rings (SSSR count). The SMILES string of the molecule is CCS(=O)(=O)CC(C)NC1CC1C. The van der Waals surface area contributed by atoms with Crippen LogP contribution in [0, 0.1) is 5.92 Å². The predicted molar refractivity (Wildman–Crippen MR) is 54.5 cm³/mol. The zero-order valence-corrected chi connectivity index (χ0v) is 9.39. The van der Waals surface area contributed by atoms with Crippen molar-refractivity contribution in [1.82, 2.24) is 5.32 Å². The molecule has 0 aromatic heterocycles. The highest BCUT2D eigenvalue weighted by molar-refractivity contribution is 7.91. The van der Waals surface area contributed by atoms with Crippen molar-refractivity contribution in [2.75, 3.05) is 11.5 Å². The Kier molecular flexibility index (Phi) is 3.35. The summed E-state index contributed by atoms with van der Waals surface area (Å²) in [5.74, 6) is 1.25. The lowest BCUT2D eigenvalue weighted by Gasteiger charge is -2.12. The maximum atomic E-state index is 11.3. The lowest BCUT2D eigenvalue weighted by atomic mass is 10.3. The average Bonchev–Trinajstić information content (AvgIpc) is 2.65. The Labute approximate surface area is 80.8 Å². The van der Waals surface area contributed by atoms with Crippen molar-refractivity contribution in [3.8, 4) is 0 Å². The Balaban J connectivity index is 2.29. The third kappa shape index (κ3) is 3.65. The van der Waals surface area contributed by atoms with E-state index in [9.17, 15) is 8.42 Å². The van der Waals surface area contributed by atoms with Crippen molar-refractivity contribution in [2.24, 2.45) is 5.92 Å². The van der Waals surface area contributed by atoms with Gasteiger partial charge in [-0.3, -0.25) is 0 Å². The molecule has 0 saturated heterocycles. The second-order valence-corrected chi connectivity index (χ2v) is 6.48. The van der Waals surface area contributed by atoms with E-state index >= 15 is 0 Å². The number of rotatable bonds is 5. The minimum absolute atomic E-state index is 0.0971. The fraction of sp³-hybridized carbons (Fsp3) is 1.00. The maximum Gasteiger partial charge on any atom is 0.151 e. The molecule has 0 radical (unpaired) electrons. The summed E-state index contributed by atoms with van der Waals surface area (Å²) in [4.78, 5) is 0. The molecule has 1 saturated carbocycles. The van der Waals surface area contributed by atoms with Gasteiger partial charge in [0.25, 0.3) is 0 Å². The molecular formula is C9H19NO2S. The Morgan fingerprint density at radius 3 is 2.46 bits per heavy atom. The highest BCUT2D eigenvalue weighted by atomic mass is 32.2. The summed E-state index contributed by atoms with van der Waals surface area (Å²) in [6, 6.07) is 0.655. The summed E-state index contributed by atoms with van der Waals surface area (Å²) < 4.78 is 22.5. The van der Waals surface area contributed by atoms with Crippen LogP contribution in [0.4, 0.5) is 0 Å². The average molecular weight is 205 g/mol. The van der Waals surface area contributed by atoms with Gasteiger partial charge in [0.05, 0.1) is 5.75 Å². The smallest absolute Gasteiger partial charge is 0.151 e. The number of hydrogen-bond acceptors (Lipinski definition) is 3. The van der Waals surface area contributed by atoms with Crippen LogP contribution in [-0.4, -0.2) is 32.0 Å². The minimum Gasteiger partial charge on any atom is -0.310 e. The van der Waals surface area contributed by atoms with Gasteiger partial charge >= 0.3 is 0 Å². The minimum atomic E-state index is -2.82. The van der Waals surface area contributed by atoms with Crippen LogP contribution in [0.1, 0.15) is 27.2 Å². The van der Waals surface area contributed by atoms with E-state index in [1.165, 1.54) is 6.42 Å². The Hall–Kier alpha value is -0.0900. The molecule has 3 nitrogen and oxygen atoms in total. The summed E-state index contributed by atoms with van der Waals surface area (Å²) in [6.45, 7) is 5.82. The van der Waals surface area contributed by atoms with Gasteiger partial charge < -0.3 is 5.32 Å². The van der Waals surface area contributed by atoms with Crippen LogP contribution in [0.3, 0.4) is 0 Å². The molecule has 78 valence electrons. The monoisotopic (exact) mass is 205 g/mol. The van der Waals surface area contributed by atoms with Crippen LogP contribution in [0.5, 0.6) is 0 Å². The summed E-state index contributed by atoms with van der Waals surface area (Å²) in [6.07, 6.45) is 1.19. The summed E-state index contributed by atoms with van der Waals surface area (Å²) in [5, 5.41) is 3.31. The standard InChI is InChI=1S/C9H19NO2S/c1-4-13(11,12)6-8(3)10-9-5-7(9)2/h7-10H,4-6H2,1-3H3. The first-order chi connectivity index (χ1) is 5.94. The van der Waals surface area contributed by atoms with E-state index in [0.29, 0.717) is 6.04 Å². The molecule has 0 aromatic rings. The topological polar surface area (TPSA) is 46.2 Å². The van der Waals surface area contributed by atoms with Gasteiger partial charge in [-0.2, -0.15) is 0 Å². The summed E-state index contributed by atoms with van der Waals surface area (Å²) >= 11 is 0. The fourth-order valence-electron chi connectivity index (χ4n) is 1.47. The molecule has 0 spiro atoms. The molecule has 1 aliphatic carbocycles. The third-order valence-electron chi connectivity index (χ3n) is 2.55. The lowest BCUT2D eigenvalue weighted by molar-refractivity contribution is 0.545. The molecule has 0 aromatic carbocycles. The molecule has 13 heavy (non-hydrogen) atoms. The zero-order valence-electron chi connectivity index (χ0n) is 8.58. The van der Waals surface area contributed by atoms with E-state index in [1.54, 1.807) is 6.92 Å². The number of nitrogens with one attached hydrogen (secondary N) is 1. The first-order valence-corrected chi connectivity index (χ1v) is 6.73. The maximum absolute atomic E-state index is 11.3. The van der Waals surface area contributed by atoms with Crippen LogP contribution >= 0.6 is 0 Å². The van der Waals surface area contributed by atoms with Crippen LogP contribution in [0.25, 0.3) is 0 Å². The second-order valence-electron chi connectivity index (χ2n) is 4.09. The molecule has 0 aliphatic heterocycles. The van der Waals surface area contributed by atoms with Crippen molar-refractivity contribution < 1.29 is 8.42 Å². The zero-order chi connectivity index (χ0) is 10.1. The molecular weight excluding hydrogens is 186 g/mol. The fourth-order valence-corrected chi connectivity index (χ4v) is 2.56. The highest BCUT2D eigenvalue weighted by Gasteiger charge is 2.33. The van der Waals surface area contributed by atoms with E-state index in [2.05, 4.69) is 12.2 Å². The first-order valence-electron chi connectivity index (χ1n) is 4.91. The summed E-state index contributed by atoms with van der Waals surface area (Å²) in [5.41, 5.74) is 0. The third-order valence-corrected chi connectivity index (χ3v) is 4.44. The molecule has 1 fully saturated rings. The Bertz CT molecular complexity index is 261. The van der Waals surface area contributed by atoms with Crippen molar-refractivity contribution in [2.45, 2.75) is 39.3 Å². The molecule has 0 heterocycles. The van der Waals surface area contributed by atoms with Gasteiger partial charge in [0.15, 0.2) is 9.84 Å². The predicted octanol–water partition coefficient (Wildman–Crippen LogP) is 0.808. The molecule has 0 bridgehead atoms. The molecule has 1 aliphatic rings. The Morgan fingerprint density at radius 1 is 1.54 bits per heavy atom. The number of sulfone groups is 1. The van der Waals surface area contributed by atoms with E-state index in [1.807, 2.05) is 6.92 Å². The van der Waals surface area contributed by atoms with Crippen LogP contribution in [0.2, 0.25) is 0 Å². The second kappa shape index (κ2) is 3.96. The lowest BCUT2D eigenvalue weighted by Crippen LogP contribution is -2.35. The normalized spacial score (nSPS) is 30.1. The summed E-state index contributed by atoms with van der Waals surface area (Å²) in [7, 11) is -2.82. The van der Waals surface area contributed by atoms with Gasteiger partial charge in [0, 0.05) is 17.8 Å². The van der Waals surface area contributed by atoms with E-state index in [0.717, 1.165) is 5.92 Å². The van der Waals surface area contributed by atoms with Gasteiger partial charge in [-0.25, -0.2) is 8.42 Å². The van der Waals surface area contributed by atoms with E-state index in [-0.39, 0.29) is 17.5 Å². The molecule has 1 N–H and O–H groups in total. The van der Waals surface area contributed by atoms with Gasteiger partial charge in [0.1, 0.15) is 0 Å². The van der Waals surface area contributed by atoms with Crippen molar-refractivity contribution in [3.05, 3.63) is 0 Å². The van der Waals surface area contributed by atoms with Crippen LogP contribution < -0.4 is 5.32 Å². The molecule has 3 unspecified atom stereocenters. The first kappa shape index (κ1) is 11.0. The van der Waals surface area contributed by atoms with Crippen LogP contribution in [0.15, 0.2) is 0 Å². The Morgan fingerprint density at radius 2 is 2.08 bits per heavy atom. The van der Waals surface area contributed by atoms with Gasteiger partial charge in [-0.15, -0.1) is 0 Å². The molecule has 0 amide bonds. The quantitative estimate of drug-likeness (QED) is 0.722. The molecule has 4 heteroatoms. The van der Waals surface area contributed by atoms with Crippen molar-refractivity contribution in [3.63, 3.8) is 0 Å². The molecule has 3 atom stereocenters. The van der Waals surface area contributed by atoms with Gasteiger partial charge in [0.2, 0.25) is 0 Å². The number of hydrogen-bond donors (Lipinski definition) is 1. The largest absolute Gasteiger partial charge is 0.310 e. The van der Waals surface area contributed by atoms with Crippen molar-refractivity contribution in [1.29, 1.82) is 0 Å². The van der Waals surface area contributed by atoms with Crippen LogP contribution in [-0.2, 0) is 9.84 Å². The van der Waals surface area contributed by atoms with E-state index in [4.69, 9.17) is 0 Å². The van der Waals surface area contributed by atoms with E-state index < -0.39 is 9.84 Å². The van der Waals surface area contributed by atoms with Gasteiger partial charge in [-0.05, 0) is 19.3 Å². The van der Waals surface area contributed by atoms with Crippen molar-refractivity contribution >= 4 is 9.84 Å². The van der Waals surface area contributed by atoms with Gasteiger partial charge in [-0.1, -0.05) is 13.8 Å².